The molecule has 1 aliphatic heterocycles. The largest absolute Gasteiger partial charge is 0.454 e. The minimum atomic E-state index is -4.26. The standard InChI is InChI=1S/C25H23F2N3O6S/c1-15-5-3-4-6-23(15)37(33,34)29-25(32)28-20(11-16-9-17(26)12-18(27)10-16)24(31)30(2)19-7-8-21-22(13-19)36-14-35-21/h3-10,12-13,20H,11,14H2,1-2H3,(H2,28,29,32)/t20-/m0/s1. The average Bonchev–Trinajstić information content (AvgIpc) is 3.30. The molecule has 37 heavy (non-hydrogen) atoms. The smallest absolute Gasteiger partial charge is 0.329 e. The Labute approximate surface area is 212 Å². The normalized spacial score (nSPS) is 13.1. The SMILES string of the molecule is Cc1ccccc1S(=O)(=O)NC(=O)N[C@@H](Cc1cc(F)cc(F)c1)C(=O)N(C)c1ccc2c(c1)OCO2. The number of fused-ring (bicyclic) bond motifs is 1. The van der Waals surface area contributed by atoms with Crippen molar-refractivity contribution in [1.29, 1.82) is 0 Å². The molecule has 4 rings (SSSR count). The fourth-order valence-corrected chi connectivity index (χ4v) is 5.00. The van der Waals surface area contributed by atoms with Gasteiger partial charge in [0.15, 0.2) is 11.5 Å². The number of likely N-dealkylation sites (N-methyl/N-ethyl adjacent to an activating group) is 1. The third kappa shape index (κ3) is 5.97. The van der Waals surface area contributed by atoms with Gasteiger partial charge in [-0.3, -0.25) is 4.79 Å². The molecule has 3 aromatic rings. The van der Waals surface area contributed by atoms with Crippen LogP contribution in [0.15, 0.2) is 65.6 Å². The molecule has 1 heterocycles. The predicted molar refractivity (Wildman–Crippen MR) is 130 cm³/mol. The number of benzene rings is 3. The van der Waals surface area contributed by atoms with Crippen LogP contribution in [0.1, 0.15) is 11.1 Å². The number of hydrogen-bond donors (Lipinski definition) is 2. The molecule has 1 atom stereocenters. The highest BCUT2D eigenvalue weighted by Gasteiger charge is 2.29. The summed E-state index contributed by atoms with van der Waals surface area (Å²) in [5.41, 5.74) is 0.879. The van der Waals surface area contributed by atoms with Crippen molar-refractivity contribution in [3.63, 3.8) is 0 Å². The molecule has 2 N–H and O–H groups in total. The summed E-state index contributed by atoms with van der Waals surface area (Å²) in [7, 11) is -2.83. The van der Waals surface area contributed by atoms with Crippen molar-refractivity contribution in [2.24, 2.45) is 0 Å². The van der Waals surface area contributed by atoms with E-state index in [9.17, 15) is 26.8 Å². The maximum Gasteiger partial charge on any atom is 0.329 e. The average molecular weight is 532 g/mol. The van der Waals surface area contributed by atoms with E-state index in [-0.39, 0.29) is 23.7 Å². The van der Waals surface area contributed by atoms with Gasteiger partial charge in [-0.15, -0.1) is 0 Å². The van der Waals surface area contributed by atoms with Crippen LogP contribution in [0, 0.1) is 18.6 Å². The van der Waals surface area contributed by atoms with Crippen LogP contribution in [0.4, 0.5) is 19.3 Å². The van der Waals surface area contributed by atoms with Gasteiger partial charge < -0.3 is 19.7 Å². The number of sulfonamides is 1. The second-order valence-corrected chi connectivity index (χ2v) is 9.96. The molecule has 3 amide bonds. The van der Waals surface area contributed by atoms with Gasteiger partial charge in [0.05, 0.1) is 4.90 Å². The van der Waals surface area contributed by atoms with Gasteiger partial charge in [-0.1, -0.05) is 18.2 Å². The van der Waals surface area contributed by atoms with Crippen LogP contribution in [0.2, 0.25) is 0 Å². The van der Waals surface area contributed by atoms with Gasteiger partial charge in [-0.05, 0) is 48.4 Å². The number of anilines is 1. The molecule has 3 aromatic carbocycles. The van der Waals surface area contributed by atoms with Crippen LogP contribution in [-0.4, -0.2) is 40.2 Å². The van der Waals surface area contributed by atoms with Crippen molar-refractivity contribution in [2.75, 3.05) is 18.7 Å². The fraction of sp³-hybridized carbons (Fsp3) is 0.200. The summed E-state index contributed by atoms with van der Waals surface area (Å²) in [6.07, 6.45) is -0.319. The summed E-state index contributed by atoms with van der Waals surface area (Å²) >= 11 is 0. The predicted octanol–water partition coefficient (Wildman–Crippen LogP) is 3.26. The number of carbonyl (C=O) groups is 2. The number of rotatable bonds is 7. The van der Waals surface area contributed by atoms with E-state index in [4.69, 9.17) is 9.47 Å². The van der Waals surface area contributed by atoms with Gasteiger partial charge in [-0.2, -0.15) is 0 Å². The summed E-state index contributed by atoms with van der Waals surface area (Å²) in [6.45, 7) is 1.60. The fourth-order valence-electron chi connectivity index (χ4n) is 3.84. The second kappa shape index (κ2) is 10.4. The zero-order valence-electron chi connectivity index (χ0n) is 19.8. The third-order valence-corrected chi connectivity index (χ3v) is 7.14. The van der Waals surface area contributed by atoms with Crippen molar-refractivity contribution in [2.45, 2.75) is 24.3 Å². The van der Waals surface area contributed by atoms with Gasteiger partial charge in [0.25, 0.3) is 10.0 Å². The van der Waals surface area contributed by atoms with E-state index in [0.717, 1.165) is 12.1 Å². The first kappa shape index (κ1) is 25.9. The van der Waals surface area contributed by atoms with Crippen LogP contribution in [0.5, 0.6) is 11.5 Å². The van der Waals surface area contributed by atoms with Crippen LogP contribution in [0.3, 0.4) is 0 Å². The van der Waals surface area contributed by atoms with Crippen molar-refractivity contribution in [1.82, 2.24) is 10.0 Å². The molecule has 0 saturated carbocycles. The molecular formula is C25H23F2N3O6S. The number of urea groups is 1. The molecule has 0 aromatic heterocycles. The summed E-state index contributed by atoms with van der Waals surface area (Å²) in [4.78, 5) is 27.2. The van der Waals surface area contributed by atoms with Crippen LogP contribution < -0.4 is 24.4 Å². The first-order valence-corrected chi connectivity index (χ1v) is 12.5. The Kier molecular flexibility index (Phi) is 7.30. The Hall–Kier alpha value is -4.19. The number of amides is 3. The molecule has 0 saturated heterocycles. The van der Waals surface area contributed by atoms with Crippen molar-refractivity contribution in [3.05, 3.63) is 83.4 Å². The molecule has 0 fully saturated rings. The molecule has 12 heteroatoms. The Balaban J connectivity index is 1.59. The first-order chi connectivity index (χ1) is 17.5. The summed E-state index contributed by atoms with van der Waals surface area (Å²) in [5, 5.41) is 2.33. The number of aryl methyl sites for hydroxylation is 1. The van der Waals surface area contributed by atoms with E-state index in [1.807, 2.05) is 4.72 Å². The number of hydrogen-bond acceptors (Lipinski definition) is 6. The Morgan fingerprint density at radius 1 is 1.00 bits per heavy atom. The van der Waals surface area contributed by atoms with Gasteiger partial charge in [-0.25, -0.2) is 26.7 Å². The van der Waals surface area contributed by atoms with Crippen molar-refractivity contribution < 1.29 is 36.3 Å². The lowest BCUT2D eigenvalue weighted by Crippen LogP contribution is -2.52. The molecule has 9 nitrogen and oxygen atoms in total. The number of carbonyl (C=O) groups excluding carboxylic acids is 2. The summed E-state index contributed by atoms with van der Waals surface area (Å²) < 4.78 is 65.6. The summed E-state index contributed by atoms with van der Waals surface area (Å²) in [5.74, 6) is -1.49. The van der Waals surface area contributed by atoms with Crippen molar-refractivity contribution in [3.8, 4) is 11.5 Å². The highest BCUT2D eigenvalue weighted by Crippen LogP contribution is 2.35. The first-order valence-electron chi connectivity index (χ1n) is 11.0. The quantitative estimate of drug-likeness (QED) is 0.484. The Morgan fingerprint density at radius 2 is 1.68 bits per heavy atom. The third-order valence-electron chi connectivity index (χ3n) is 5.65. The number of nitrogens with one attached hydrogen (secondary N) is 2. The molecule has 0 radical (unpaired) electrons. The lowest BCUT2D eigenvalue weighted by atomic mass is 10.0. The second-order valence-electron chi connectivity index (χ2n) is 8.31. The monoisotopic (exact) mass is 531 g/mol. The molecule has 1 aliphatic rings. The molecule has 0 spiro atoms. The number of halogens is 2. The molecule has 0 aliphatic carbocycles. The topological polar surface area (TPSA) is 114 Å². The van der Waals surface area contributed by atoms with E-state index in [0.29, 0.717) is 28.8 Å². The maximum absolute atomic E-state index is 13.8. The maximum atomic E-state index is 13.8. The zero-order valence-corrected chi connectivity index (χ0v) is 20.6. The van der Waals surface area contributed by atoms with E-state index in [1.54, 1.807) is 37.3 Å². The molecule has 194 valence electrons. The molecule has 0 bridgehead atoms. The van der Waals surface area contributed by atoms with E-state index >= 15 is 0 Å². The summed E-state index contributed by atoms with van der Waals surface area (Å²) in [6, 6.07) is 10.9. The van der Waals surface area contributed by atoms with Crippen LogP contribution in [0.25, 0.3) is 0 Å². The lowest BCUT2D eigenvalue weighted by molar-refractivity contribution is -0.120. The van der Waals surface area contributed by atoms with Gasteiger partial charge in [0.1, 0.15) is 17.7 Å². The minimum Gasteiger partial charge on any atom is -0.454 e. The molecular weight excluding hydrogens is 508 g/mol. The van der Waals surface area contributed by atoms with Gasteiger partial charge in [0, 0.05) is 31.3 Å². The number of nitrogens with zero attached hydrogens (tertiary/aromatic N) is 1. The molecule has 0 unspecified atom stereocenters. The van der Waals surface area contributed by atoms with E-state index in [1.165, 1.54) is 24.1 Å². The van der Waals surface area contributed by atoms with Gasteiger partial charge in [0.2, 0.25) is 12.7 Å². The zero-order chi connectivity index (χ0) is 26.7. The van der Waals surface area contributed by atoms with Crippen LogP contribution >= 0.6 is 0 Å². The highest BCUT2D eigenvalue weighted by atomic mass is 32.2. The Morgan fingerprint density at radius 3 is 2.38 bits per heavy atom. The lowest BCUT2D eigenvalue weighted by Gasteiger charge is -2.25. The minimum absolute atomic E-state index is 0.0291. The van der Waals surface area contributed by atoms with E-state index in [2.05, 4.69) is 5.32 Å². The van der Waals surface area contributed by atoms with Gasteiger partial charge >= 0.3 is 6.03 Å². The van der Waals surface area contributed by atoms with Crippen LogP contribution in [-0.2, 0) is 21.2 Å². The Bertz CT molecular complexity index is 1440. The highest BCUT2D eigenvalue weighted by molar-refractivity contribution is 7.90. The van der Waals surface area contributed by atoms with E-state index < -0.39 is 39.6 Å². The number of ether oxygens (including phenoxy) is 2. The van der Waals surface area contributed by atoms with Crippen molar-refractivity contribution >= 4 is 27.6 Å².